The van der Waals surface area contributed by atoms with Crippen molar-refractivity contribution in [3.8, 4) is 5.75 Å². The van der Waals surface area contributed by atoms with E-state index >= 15 is 0 Å². The Balaban J connectivity index is 1.65. The highest BCUT2D eigenvalue weighted by Crippen LogP contribution is 2.30. The zero-order chi connectivity index (χ0) is 19.4. The van der Waals surface area contributed by atoms with Gasteiger partial charge in [-0.1, -0.05) is 25.1 Å². The van der Waals surface area contributed by atoms with Gasteiger partial charge >= 0.3 is 0 Å². The summed E-state index contributed by atoms with van der Waals surface area (Å²) < 4.78 is 30.7. The van der Waals surface area contributed by atoms with E-state index in [4.69, 9.17) is 4.74 Å². The Morgan fingerprint density at radius 1 is 1.19 bits per heavy atom. The Labute approximate surface area is 160 Å². The molecule has 27 heavy (non-hydrogen) atoms. The van der Waals surface area contributed by atoms with Crippen molar-refractivity contribution in [1.82, 2.24) is 5.32 Å². The smallest absolute Gasteiger partial charge is 0.251 e. The Morgan fingerprint density at radius 2 is 1.93 bits per heavy atom. The average Bonchev–Trinajstić information content (AvgIpc) is 3.09. The number of nitrogens with one attached hydrogen (secondary N) is 1. The van der Waals surface area contributed by atoms with E-state index in [1.165, 1.54) is 10.6 Å². The number of fused-ring (bicyclic) bond motifs is 1. The van der Waals surface area contributed by atoms with Crippen LogP contribution in [0.15, 0.2) is 42.5 Å². The van der Waals surface area contributed by atoms with Crippen molar-refractivity contribution >= 4 is 21.6 Å². The maximum atomic E-state index is 12.5. The second kappa shape index (κ2) is 8.00. The molecule has 0 spiro atoms. The molecule has 0 radical (unpaired) electrons. The van der Waals surface area contributed by atoms with Crippen LogP contribution in [0.25, 0.3) is 0 Å². The van der Waals surface area contributed by atoms with E-state index in [9.17, 15) is 13.2 Å². The van der Waals surface area contributed by atoms with E-state index in [2.05, 4.69) is 12.2 Å². The fraction of sp³-hybridized carbons (Fsp3) is 0.350. The summed E-state index contributed by atoms with van der Waals surface area (Å²) in [7, 11) is -3.33. The standard InChI is InChI=1S/C20H24N2O4S/c1-3-12-26-18-8-4-15(5-9-18)14-21-20(23)17-7-6-16-10-11-22(19(16)13-17)27(2,24)25/h4-9,13H,3,10-12,14H2,1-2H3,(H,21,23). The molecule has 1 aliphatic rings. The van der Waals surface area contributed by atoms with Crippen LogP contribution in [0.4, 0.5) is 5.69 Å². The molecule has 3 rings (SSSR count). The van der Waals surface area contributed by atoms with Crippen molar-refractivity contribution in [3.63, 3.8) is 0 Å². The number of carbonyl (C=O) groups is 1. The third kappa shape index (κ3) is 4.60. The molecule has 0 aromatic heterocycles. The molecule has 0 saturated heterocycles. The van der Waals surface area contributed by atoms with Gasteiger partial charge in [0, 0.05) is 18.7 Å². The first-order valence-corrected chi connectivity index (χ1v) is 10.8. The lowest BCUT2D eigenvalue weighted by atomic mass is 10.1. The summed E-state index contributed by atoms with van der Waals surface area (Å²) in [6.45, 7) is 3.54. The molecule has 2 aromatic carbocycles. The molecule has 0 aliphatic carbocycles. The van der Waals surface area contributed by atoms with Crippen molar-refractivity contribution in [1.29, 1.82) is 0 Å². The predicted molar refractivity (Wildman–Crippen MR) is 106 cm³/mol. The third-order valence-electron chi connectivity index (χ3n) is 4.45. The molecule has 0 bridgehead atoms. The average molecular weight is 388 g/mol. The molecule has 1 heterocycles. The van der Waals surface area contributed by atoms with Gasteiger partial charge in [-0.15, -0.1) is 0 Å². The summed E-state index contributed by atoms with van der Waals surface area (Å²) in [5.41, 5.74) is 2.96. The highest BCUT2D eigenvalue weighted by atomic mass is 32.2. The minimum absolute atomic E-state index is 0.232. The van der Waals surface area contributed by atoms with Gasteiger partial charge in [0.2, 0.25) is 10.0 Å². The van der Waals surface area contributed by atoms with E-state index in [0.29, 0.717) is 37.4 Å². The van der Waals surface area contributed by atoms with Gasteiger partial charge in [0.25, 0.3) is 5.91 Å². The molecule has 6 nitrogen and oxygen atoms in total. The molecule has 0 fully saturated rings. The van der Waals surface area contributed by atoms with Gasteiger partial charge in [-0.3, -0.25) is 9.10 Å². The van der Waals surface area contributed by atoms with Crippen LogP contribution >= 0.6 is 0 Å². The van der Waals surface area contributed by atoms with Gasteiger partial charge in [-0.2, -0.15) is 0 Å². The Bertz CT molecular complexity index is 923. The maximum Gasteiger partial charge on any atom is 0.251 e. The number of ether oxygens (including phenoxy) is 1. The number of anilines is 1. The van der Waals surface area contributed by atoms with E-state index in [1.54, 1.807) is 12.1 Å². The minimum atomic E-state index is -3.33. The minimum Gasteiger partial charge on any atom is -0.494 e. The van der Waals surface area contributed by atoms with Gasteiger partial charge in [0.15, 0.2) is 0 Å². The second-order valence-corrected chi connectivity index (χ2v) is 8.51. The van der Waals surface area contributed by atoms with Crippen molar-refractivity contribution < 1.29 is 17.9 Å². The quantitative estimate of drug-likeness (QED) is 0.791. The van der Waals surface area contributed by atoms with Gasteiger partial charge in [0.1, 0.15) is 5.75 Å². The summed E-state index contributed by atoms with van der Waals surface area (Å²) in [5, 5.41) is 2.87. The molecule has 7 heteroatoms. The van der Waals surface area contributed by atoms with E-state index in [1.807, 2.05) is 30.3 Å². The third-order valence-corrected chi connectivity index (χ3v) is 5.63. The summed E-state index contributed by atoms with van der Waals surface area (Å²) in [6, 6.07) is 12.8. The normalized spacial score (nSPS) is 13.3. The number of benzene rings is 2. The lowest BCUT2D eigenvalue weighted by Crippen LogP contribution is -2.28. The number of rotatable bonds is 7. The Kier molecular flexibility index (Phi) is 5.70. The number of carbonyl (C=O) groups excluding carboxylic acids is 1. The van der Waals surface area contributed by atoms with Crippen molar-refractivity contribution in [2.75, 3.05) is 23.7 Å². The molecule has 1 amide bonds. The topological polar surface area (TPSA) is 75.7 Å². The van der Waals surface area contributed by atoms with Crippen LogP contribution in [0.1, 0.15) is 34.8 Å². The largest absolute Gasteiger partial charge is 0.494 e. The monoisotopic (exact) mass is 388 g/mol. The van der Waals surface area contributed by atoms with Crippen molar-refractivity contribution in [2.45, 2.75) is 26.3 Å². The Hall–Kier alpha value is -2.54. The van der Waals surface area contributed by atoms with E-state index in [0.717, 1.165) is 23.3 Å². The zero-order valence-electron chi connectivity index (χ0n) is 15.6. The van der Waals surface area contributed by atoms with Crippen LogP contribution in [-0.4, -0.2) is 33.7 Å². The van der Waals surface area contributed by atoms with Gasteiger partial charge in [-0.25, -0.2) is 8.42 Å². The van der Waals surface area contributed by atoms with E-state index in [-0.39, 0.29) is 5.91 Å². The fourth-order valence-corrected chi connectivity index (χ4v) is 3.99. The van der Waals surface area contributed by atoms with Gasteiger partial charge in [-0.05, 0) is 48.2 Å². The van der Waals surface area contributed by atoms with Crippen LogP contribution in [0.3, 0.4) is 0 Å². The fourth-order valence-electron chi connectivity index (χ4n) is 3.04. The van der Waals surface area contributed by atoms with Gasteiger partial charge < -0.3 is 10.1 Å². The highest BCUT2D eigenvalue weighted by Gasteiger charge is 2.26. The molecule has 0 unspecified atom stereocenters. The molecule has 1 N–H and O–H groups in total. The summed E-state index contributed by atoms with van der Waals surface area (Å²) in [4.78, 5) is 12.5. The van der Waals surface area contributed by atoms with Crippen LogP contribution in [0.2, 0.25) is 0 Å². The zero-order valence-corrected chi connectivity index (χ0v) is 16.4. The number of hydrogen-bond donors (Lipinski definition) is 1. The van der Waals surface area contributed by atoms with Crippen molar-refractivity contribution in [2.24, 2.45) is 0 Å². The highest BCUT2D eigenvalue weighted by molar-refractivity contribution is 7.92. The summed E-state index contributed by atoms with van der Waals surface area (Å²) in [6.07, 6.45) is 2.80. The van der Waals surface area contributed by atoms with Crippen LogP contribution in [0.5, 0.6) is 5.75 Å². The molecule has 0 atom stereocenters. The predicted octanol–water partition coefficient (Wildman–Crippen LogP) is 2.73. The first kappa shape index (κ1) is 19.2. The van der Waals surface area contributed by atoms with E-state index < -0.39 is 10.0 Å². The Morgan fingerprint density at radius 3 is 2.59 bits per heavy atom. The lowest BCUT2D eigenvalue weighted by molar-refractivity contribution is 0.0951. The van der Waals surface area contributed by atoms with Crippen molar-refractivity contribution in [3.05, 3.63) is 59.2 Å². The molecule has 1 aliphatic heterocycles. The summed E-state index contributed by atoms with van der Waals surface area (Å²) >= 11 is 0. The van der Waals surface area contributed by atoms with Crippen LogP contribution in [-0.2, 0) is 23.0 Å². The molecular weight excluding hydrogens is 364 g/mol. The number of sulfonamides is 1. The maximum absolute atomic E-state index is 12.5. The van der Waals surface area contributed by atoms with Gasteiger partial charge in [0.05, 0.1) is 18.6 Å². The number of hydrogen-bond acceptors (Lipinski definition) is 4. The SMILES string of the molecule is CCCOc1ccc(CNC(=O)c2ccc3c(c2)N(S(C)(=O)=O)CC3)cc1. The molecular formula is C20H24N2O4S. The lowest BCUT2D eigenvalue weighted by Gasteiger charge is -2.17. The van der Waals surface area contributed by atoms with Crippen LogP contribution < -0.4 is 14.4 Å². The number of nitrogens with zero attached hydrogens (tertiary/aromatic N) is 1. The molecule has 144 valence electrons. The van der Waals surface area contributed by atoms with Crippen LogP contribution in [0, 0.1) is 0 Å². The molecule has 0 saturated carbocycles. The molecule has 2 aromatic rings. The number of amides is 1. The second-order valence-electron chi connectivity index (χ2n) is 6.60. The first-order valence-electron chi connectivity index (χ1n) is 8.99. The summed E-state index contributed by atoms with van der Waals surface area (Å²) in [5.74, 6) is 0.580. The first-order chi connectivity index (χ1) is 12.9.